The average molecular weight is 144 g/mol. The highest BCUT2D eigenvalue weighted by Gasteiger charge is 2.35. The third-order valence-corrected chi connectivity index (χ3v) is 1.54. The number of imide groups is 1. The Morgan fingerprint density at radius 2 is 2.30 bits per heavy atom. The molecule has 0 aliphatic carbocycles. The third kappa shape index (κ3) is 0.891. The normalized spacial score (nSPS) is 26.2. The Balaban J connectivity index is 2.71. The van der Waals surface area contributed by atoms with Crippen molar-refractivity contribution < 1.29 is 14.8 Å². The van der Waals surface area contributed by atoms with Crippen LogP contribution in [0, 0.1) is 0 Å². The fourth-order valence-electron chi connectivity index (χ4n) is 0.856. The second-order valence-electron chi connectivity index (χ2n) is 2.18. The van der Waals surface area contributed by atoms with Crippen molar-refractivity contribution in [3.05, 3.63) is 0 Å². The van der Waals surface area contributed by atoms with Crippen molar-refractivity contribution in [1.82, 2.24) is 10.4 Å². The van der Waals surface area contributed by atoms with E-state index >= 15 is 0 Å². The van der Waals surface area contributed by atoms with Crippen LogP contribution in [-0.4, -0.2) is 35.0 Å². The molecular formula is C5H8N2O3. The summed E-state index contributed by atoms with van der Waals surface area (Å²) in [4.78, 5) is 22.5. The number of hydrogen-bond acceptors (Lipinski definition) is 4. The summed E-state index contributed by atoms with van der Waals surface area (Å²) in [7, 11) is 1.39. The molecule has 1 rings (SSSR count). The molecule has 1 atom stereocenters. The Bertz CT molecular complexity index is 180. The first-order chi connectivity index (χ1) is 4.66. The highest BCUT2D eigenvalue weighted by Crippen LogP contribution is 2.08. The zero-order valence-electron chi connectivity index (χ0n) is 5.50. The molecule has 0 radical (unpaired) electrons. The SMILES string of the molecule is CN1C(=O)CC(NO)C1=O. The minimum absolute atomic E-state index is 0.0475. The van der Waals surface area contributed by atoms with Gasteiger partial charge in [-0.25, -0.2) is 0 Å². The van der Waals surface area contributed by atoms with Crippen LogP contribution in [0.15, 0.2) is 0 Å². The summed E-state index contributed by atoms with van der Waals surface area (Å²) in [6.45, 7) is 0. The molecule has 1 aliphatic heterocycles. The number of carbonyl (C=O) groups is 2. The predicted octanol–water partition coefficient (Wildman–Crippen LogP) is -1.28. The molecule has 1 aliphatic rings. The molecule has 2 N–H and O–H groups in total. The summed E-state index contributed by atoms with van der Waals surface area (Å²) in [5.41, 5.74) is 1.76. The molecule has 0 aromatic heterocycles. The fraction of sp³-hybridized carbons (Fsp3) is 0.600. The van der Waals surface area contributed by atoms with Crippen molar-refractivity contribution in [3.63, 3.8) is 0 Å². The van der Waals surface area contributed by atoms with Crippen molar-refractivity contribution in [2.75, 3.05) is 7.05 Å². The smallest absolute Gasteiger partial charge is 0.248 e. The zero-order chi connectivity index (χ0) is 7.72. The van der Waals surface area contributed by atoms with Gasteiger partial charge in [-0.3, -0.25) is 14.5 Å². The summed E-state index contributed by atoms with van der Waals surface area (Å²) in [5, 5.41) is 8.32. The lowest BCUT2D eigenvalue weighted by molar-refractivity contribution is -0.137. The van der Waals surface area contributed by atoms with Crippen LogP contribution in [0.4, 0.5) is 0 Å². The fourth-order valence-corrected chi connectivity index (χ4v) is 0.856. The van der Waals surface area contributed by atoms with E-state index in [2.05, 4.69) is 0 Å². The molecule has 56 valence electrons. The summed E-state index contributed by atoms with van der Waals surface area (Å²) >= 11 is 0. The molecule has 0 bridgehead atoms. The van der Waals surface area contributed by atoms with Gasteiger partial charge in [-0.2, -0.15) is 5.48 Å². The van der Waals surface area contributed by atoms with Crippen LogP contribution in [0.25, 0.3) is 0 Å². The van der Waals surface area contributed by atoms with Gasteiger partial charge in [0, 0.05) is 7.05 Å². The minimum Gasteiger partial charge on any atom is -0.316 e. The highest BCUT2D eigenvalue weighted by atomic mass is 16.5. The molecule has 1 unspecified atom stereocenters. The van der Waals surface area contributed by atoms with Crippen LogP contribution in [0.3, 0.4) is 0 Å². The van der Waals surface area contributed by atoms with Gasteiger partial charge in [0.1, 0.15) is 6.04 Å². The van der Waals surface area contributed by atoms with Crippen LogP contribution in [0.2, 0.25) is 0 Å². The van der Waals surface area contributed by atoms with E-state index in [0.717, 1.165) is 4.90 Å². The second-order valence-corrected chi connectivity index (χ2v) is 2.18. The Labute approximate surface area is 57.6 Å². The lowest BCUT2D eigenvalue weighted by Crippen LogP contribution is -2.35. The maximum absolute atomic E-state index is 10.8. The number of nitrogens with zero attached hydrogens (tertiary/aromatic N) is 1. The van der Waals surface area contributed by atoms with E-state index in [1.165, 1.54) is 7.05 Å². The molecular weight excluding hydrogens is 136 g/mol. The number of carbonyl (C=O) groups excluding carboxylic acids is 2. The number of likely N-dealkylation sites (N-methyl/N-ethyl adjacent to an activating group) is 1. The summed E-state index contributed by atoms with van der Waals surface area (Å²) in [6.07, 6.45) is 0.0475. The van der Waals surface area contributed by atoms with Crippen LogP contribution < -0.4 is 5.48 Å². The first-order valence-corrected chi connectivity index (χ1v) is 2.87. The summed E-state index contributed by atoms with van der Waals surface area (Å²) in [6, 6.07) is -0.738. The molecule has 1 fully saturated rings. The van der Waals surface area contributed by atoms with Crippen LogP contribution in [-0.2, 0) is 9.59 Å². The Morgan fingerprint density at radius 1 is 1.70 bits per heavy atom. The molecule has 5 nitrogen and oxygen atoms in total. The van der Waals surface area contributed by atoms with Crippen molar-refractivity contribution in [2.24, 2.45) is 0 Å². The van der Waals surface area contributed by atoms with Crippen LogP contribution in [0.1, 0.15) is 6.42 Å². The third-order valence-electron chi connectivity index (χ3n) is 1.54. The predicted molar refractivity (Wildman–Crippen MR) is 31.1 cm³/mol. The van der Waals surface area contributed by atoms with Crippen molar-refractivity contribution >= 4 is 11.8 Å². The van der Waals surface area contributed by atoms with E-state index in [1.807, 2.05) is 0 Å². The van der Waals surface area contributed by atoms with Crippen molar-refractivity contribution in [2.45, 2.75) is 12.5 Å². The van der Waals surface area contributed by atoms with E-state index in [4.69, 9.17) is 5.21 Å². The lowest BCUT2D eigenvalue weighted by Gasteiger charge is -2.05. The van der Waals surface area contributed by atoms with Gasteiger partial charge in [-0.15, -0.1) is 0 Å². The molecule has 1 heterocycles. The monoisotopic (exact) mass is 144 g/mol. The first-order valence-electron chi connectivity index (χ1n) is 2.87. The molecule has 0 aromatic rings. The number of hydrogen-bond donors (Lipinski definition) is 2. The number of hydroxylamine groups is 1. The summed E-state index contributed by atoms with van der Waals surface area (Å²) in [5.74, 6) is -0.649. The lowest BCUT2D eigenvalue weighted by atomic mass is 10.3. The van der Waals surface area contributed by atoms with E-state index in [9.17, 15) is 9.59 Å². The van der Waals surface area contributed by atoms with Crippen LogP contribution in [0.5, 0.6) is 0 Å². The van der Waals surface area contributed by atoms with Gasteiger partial charge in [0.25, 0.3) is 0 Å². The van der Waals surface area contributed by atoms with Crippen LogP contribution >= 0.6 is 0 Å². The topological polar surface area (TPSA) is 69.6 Å². The van der Waals surface area contributed by atoms with Gasteiger partial charge in [0.05, 0.1) is 6.42 Å². The van der Waals surface area contributed by atoms with Gasteiger partial charge in [-0.05, 0) is 0 Å². The quantitative estimate of drug-likeness (QED) is 0.355. The maximum atomic E-state index is 10.8. The van der Waals surface area contributed by atoms with Crippen molar-refractivity contribution in [3.8, 4) is 0 Å². The molecule has 0 aromatic carbocycles. The minimum atomic E-state index is -0.738. The zero-order valence-corrected chi connectivity index (χ0v) is 5.50. The molecule has 10 heavy (non-hydrogen) atoms. The number of rotatable bonds is 1. The van der Waals surface area contributed by atoms with Gasteiger partial charge < -0.3 is 5.21 Å². The van der Waals surface area contributed by atoms with Gasteiger partial charge >= 0.3 is 0 Å². The van der Waals surface area contributed by atoms with Gasteiger partial charge in [0.2, 0.25) is 11.8 Å². The first kappa shape index (κ1) is 7.17. The Hall–Kier alpha value is -0.940. The number of likely N-dealkylation sites (tertiary alicyclic amines) is 1. The van der Waals surface area contributed by atoms with E-state index < -0.39 is 6.04 Å². The Kier molecular flexibility index (Phi) is 1.69. The largest absolute Gasteiger partial charge is 0.316 e. The molecule has 2 amide bonds. The second kappa shape index (κ2) is 2.36. The molecule has 0 saturated carbocycles. The van der Waals surface area contributed by atoms with Crippen molar-refractivity contribution in [1.29, 1.82) is 0 Å². The van der Waals surface area contributed by atoms with Gasteiger partial charge in [-0.1, -0.05) is 0 Å². The maximum Gasteiger partial charge on any atom is 0.248 e. The molecule has 1 saturated heterocycles. The number of amides is 2. The number of nitrogens with one attached hydrogen (secondary N) is 1. The standard InChI is InChI=1S/C5H8N2O3/c1-7-4(8)2-3(6-10)5(7)9/h3,6,10H,2H2,1H3. The van der Waals surface area contributed by atoms with Gasteiger partial charge in [0.15, 0.2) is 0 Å². The highest BCUT2D eigenvalue weighted by molar-refractivity contribution is 6.05. The average Bonchev–Trinajstić information content (AvgIpc) is 2.17. The Morgan fingerprint density at radius 3 is 2.50 bits per heavy atom. The van der Waals surface area contributed by atoms with E-state index in [-0.39, 0.29) is 18.2 Å². The molecule has 5 heteroatoms. The molecule has 0 spiro atoms. The summed E-state index contributed by atoms with van der Waals surface area (Å²) < 4.78 is 0. The van der Waals surface area contributed by atoms with E-state index in [0.29, 0.717) is 0 Å². The van der Waals surface area contributed by atoms with E-state index in [1.54, 1.807) is 5.48 Å².